The summed E-state index contributed by atoms with van der Waals surface area (Å²) in [4.78, 5) is 16.4. The van der Waals surface area contributed by atoms with Crippen molar-refractivity contribution in [3.63, 3.8) is 0 Å². The standard InChI is InChI=1S/C14H18N2O/c1-9-4-5-11(8-10(9)2)12(17)13(15)16-14(3)6-7-14/h4-5,8H,6-7H2,1-3H3,(H2,15,16). The Labute approximate surface area is 102 Å². The first-order valence-corrected chi connectivity index (χ1v) is 5.89. The second-order valence-corrected chi connectivity index (χ2v) is 5.12. The van der Waals surface area contributed by atoms with Crippen LogP contribution in [0.15, 0.2) is 23.2 Å². The van der Waals surface area contributed by atoms with E-state index in [0.29, 0.717) is 5.56 Å². The highest BCUT2D eigenvalue weighted by molar-refractivity contribution is 6.44. The minimum absolute atomic E-state index is 0.0838. The van der Waals surface area contributed by atoms with E-state index in [0.717, 1.165) is 18.4 Å². The topological polar surface area (TPSA) is 55.5 Å². The van der Waals surface area contributed by atoms with Gasteiger partial charge in [0, 0.05) is 5.56 Å². The molecule has 0 radical (unpaired) electrons. The molecule has 0 atom stereocenters. The zero-order valence-electron chi connectivity index (χ0n) is 10.6. The summed E-state index contributed by atoms with van der Waals surface area (Å²) in [6, 6.07) is 5.62. The minimum atomic E-state index is -0.166. The van der Waals surface area contributed by atoms with Crippen LogP contribution < -0.4 is 5.73 Å². The van der Waals surface area contributed by atoms with Crippen molar-refractivity contribution in [3.8, 4) is 0 Å². The van der Waals surface area contributed by atoms with Gasteiger partial charge < -0.3 is 5.73 Å². The van der Waals surface area contributed by atoms with Gasteiger partial charge in [0.05, 0.1) is 5.54 Å². The molecule has 1 saturated carbocycles. The number of hydrogen-bond donors (Lipinski definition) is 1. The number of nitrogens with two attached hydrogens (primary N) is 1. The fraction of sp³-hybridized carbons (Fsp3) is 0.429. The Balaban J connectivity index is 2.25. The van der Waals surface area contributed by atoms with Crippen LogP contribution in [0.3, 0.4) is 0 Å². The van der Waals surface area contributed by atoms with Crippen molar-refractivity contribution in [1.82, 2.24) is 0 Å². The van der Waals surface area contributed by atoms with Gasteiger partial charge >= 0.3 is 0 Å². The van der Waals surface area contributed by atoms with Crippen molar-refractivity contribution in [1.29, 1.82) is 0 Å². The number of rotatable bonds is 3. The third-order valence-electron chi connectivity index (χ3n) is 3.37. The van der Waals surface area contributed by atoms with Gasteiger partial charge in [0.1, 0.15) is 0 Å². The highest BCUT2D eigenvalue weighted by atomic mass is 16.1. The average Bonchev–Trinajstić information content (AvgIpc) is 2.99. The highest BCUT2D eigenvalue weighted by Crippen LogP contribution is 2.38. The fourth-order valence-electron chi connectivity index (χ4n) is 1.66. The van der Waals surface area contributed by atoms with Crippen molar-refractivity contribution >= 4 is 11.6 Å². The first-order valence-electron chi connectivity index (χ1n) is 5.89. The summed E-state index contributed by atoms with van der Waals surface area (Å²) in [5.74, 6) is -0.0329. The first kappa shape index (κ1) is 11.8. The van der Waals surface area contributed by atoms with E-state index in [1.165, 1.54) is 5.56 Å². The molecule has 3 nitrogen and oxygen atoms in total. The quantitative estimate of drug-likeness (QED) is 0.492. The molecule has 0 saturated heterocycles. The van der Waals surface area contributed by atoms with E-state index < -0.39 is 0 Å². The van der Waals surface area contributed by atoms with Crippen LogP contribution in [0.25, 0.3) is 0 Å². The van der Waals surface area contributed by atoms with Crippen LogP contribution in [0.4, 0.5) is 0 Å². The second kappa shape index (κ2) is 3.99. The maximum Gasteiger partial charge on any atom is 0.227 e. The largest absolute Gasteiger partial charge is 0.381 e. The molecule has 2 rings (SSSR count). The summed E-state index contributed by atoms with van der Waals surface area (Å²) in [6.07, 6.45) is 2.04. The van der Waals surface area contributed by atoms with Gasteiger partial charge in [-0.1, -0.05) is 12.1 Å². The lowest BCUT2D eigenvalue weighted by molar-refractivity contribution is 0.106. The number of nitrogens with zero attached hydrogens (tertiary/aromatic N) is 1. The zero-order valence-corrected chi connectivity index (χ0v) is 10.6. The van der Waals surface area contributed by atoms with Gasteiger partial charge in [-0.05, 0) is 50.8 Å². The molecule has 2 N–H and O–H groups in total. The molecule has 0 aliphatic heterocycles. The van der Waals surface area contributed by atoms with Gasteiger partial charge in [-0.25, -0.2) is 0 Å². The molecular formula is C14H18N2O. The molecule has 0 aromatic heterocycles. The predicted octanol–water partition coefficient (Wildman–Crippen LogP) is 2.40. The number of Topliss-reactive ketones (excluding diaryl/α,β-unsaturated/α-hetero) is 1. The van der Waals surface area contributed by atoms with Crippen molar-refractivity contribution < 1.29 is 4.79 Å². The zero-order chi connectivity index (χ0) is 12.6. The summed E-state index contributed by atoms with van der Waals surface area (Å²) in [5, 5.41) is 0. The Hall–Kier alpha value is -1.64. The Bertz CT molecular complexity index is 499. The summed E-state index contributed by atoms with van der Waals surface area (Å²) in [5.41, 5.74) is 8.57. The number of ketones is 1. The monoisotopic (exact) mass is 230 g/mol. The summed E-state index contributed by atoms with van der Waals surface area (Å²) in [7, 11) is 0. The van der Waals surface area contributed by atoms with E-state index in [-0.39, 0.29) is 17.2 Å². The predicted molar refractivity (Wildman–Crippen MR) is 69.5 cm³/mol. The molecule has 90 valence electrons. The van der Waals surface area contributed by atoms with Crippen molar-refractivity contribution in [2.75, 3.05) is 0 Å². The molecular weight excluding hydrogens is 212 g/mol. The van der Waals surface area contributed by atoms with Crippen LogP contribution in [-0.2, 0) is 0 Å². The van der Waals surface area contributed by atoms with E-state index in [9.17, 15) is 4.79 Å². The molecule has 0 spiro atoms. The van der Waals surface area contributed by atoms with Crippen LogP contribution >= 0.6 is 0 Å². The van der Waals surface area contributed by atoms with E-state index in [1.54, 1.807) is 0 Å². The van der Waals surface area contributed by atoms with Crippen LogP contribution in [-0.4, -0.2) is 17.2 Å². The average molecular weight is 230 g/mol. The maximum absolute atomic E-state index is 12.1. The number of hydrogen-bond acceptors (Lipinski definition) is 2. The molecule has 17 heavy (non-hydrogen) atoms. The lowest BCUT2D eigenvalue weighted by atomic mass is 10.0. The minimum Gasteiger partial charge on any atom is -0.381 e. The van der Waals surface area contributed by atoms with Crippen LogP contribution in [0.5, 0.6) is 0 Å². The number of benzene rings is 1. The molecule has 1 aromatic rings. The van der Waals surface area contributed by atoms with Gasteiger partial charge in [-0.15, -0.1) is 0 Å². The Morgan fingerprint density at radius 3 is 2.47 bits per heavy atom. The van der Waals surface area contributed by atoms with Gasteiger partial charge in [0.25, 0.3) is 0 Å². The van der Waals surface area contributed by atoms with E-state index >= 15 is 0 Å². The molecule has 1 aliphatic carbocycles. The smallest absolute Gasteiger partial charge is 0.227 e. The fourth-order valence-corrected chi connectivity index (χ4v) is 1.66. The molecule has 1 aliphatic rings. The molecule has 1 fully saturated rings. The van der Waals surface area contributed by atoms with Gasteiger partial charge in [-0.3, -0.25) is 9.79 Å². The molecule has 3 heteroatoms. The lowest BCUT2D eigenvalue weighted by Crippen LogP contribution is -2.26. The van der Waals surface area contributed by atoms with Crippen molar-refractivity contribution in [3.05, 3.63) is 34.9 Å². The van der Waals surface area contributed by atoms with Crippen molar-refractivity contribution in [2.24, 2.45) is 10.7 Å². The molecule has 0 heterocycles. The van der Waals surface area contributed by atoms with Crippen LogP contribution in [0.1, 0.15) is 41.3 Å². The summed E-state index contributed by atoms with van der Waals surface area (Å²) in [6.45, 7) is 6.03. The van der Waals surface area contributed by atoms with Gasteiger partial charge in [0.2, 0.25) is 5.78 Å². The van der Waals surface area contributed by atoms with Crippen LogP contribution in [0, 0.1) is 13.8 Å². The number of aliphatic imine (C=N–C) groups is 1. The van der Waals surface area contributed by atoms with Gasteiger partial charge in [-0.2, -0.15) is 0 Å². The molecule has 0 bridgehead atoms. The van der Waals surface area contributed by atoms with Crippen LogP contribution in [0.2, 0.25) is 0 Å². The summed E-state index contributed by atoms with van der Waals surface area (Å²) >= 11 is 0. The third-order valence-corrected chi connectivity index (χ3v) is 3.37. The number of amidine groups is 1. The summed E-state index contributed by atoms with van der Waals surface area (Å²) < 4.78 is 0. The lowest BCUT2D eigenvalue weighted by Gasteiger charge is -2.06. The molecule has 0 amide bonds. The van der Waals surface area contributed by atoms with Gasteiger partial charge in [0.15, 0.2) is 5.84 Å². The van der Waals surface area contributed by atoms with E-state index in [4.69, 9.17) is 5.73 Å². The van der Waals surface area contributed by atoms with E-state index in [2.05, 4.69) is 4.99 Å². The number of carbonyl (C=O) groups is 1. The van der Waals surface area contributed by atoms with E-state index in [1.807, 2.05) is 39.0 Å². The Morgan fingerprint density at radius 1 is 1.29 bits per heavy atom. The first-order chi connectivity index (χ1) is 7.91. The number of aryl methyl sites for hydroxylation is 2. The SMILES string of the molecule is Cc1ccc(C(=O)C(N)=NC2(C)CC2)cc1C. The normalized spacial score (nSPS) is 17.9. The Morgan fingerprint density at radius 2 is 1.94 bits per heavy atom. The molecule has 0 unspecified atom stereocenters. The second-order valence-electron chi connectivity index (χ2n) is 5.12. The van der Waals surface area contributed by atoms with Crippen molar-refractivity contribution in [2.45, 2.75) is 39.2 Å². The third kappa shape index (κ3) is 2.54. The molecule has 1 aromatic carbocycles. The maximum atomic E-state index is 12.1. The highest BCUT2D eigenvalue weighted by Gasteiger charge is 2.37. The number of carbonyl (C=O) groups excluding carboxylic acids is 1. The Kier molecular flexibility index (Phi) is 2.77.